The number of aliphatic hydroxyl groups excluding tert-OH is 6. The minimum atomic E-state index is -2.56. The molecule has 5 unspecified atom stereocenters. The summed E-state index contributed by atoms with van der Waals surface area (Å²) in [5.41, 5.74) is -9.05. The number of esters is 6. The molecule has 138 heavy (non-hydrogen) atoms. The standard InChI is InChI=1S/C92H130N8O38/c1-13-126-81(117)53(36-55(102)39-94-63(105)40-95-62(104)33-25-31-54-41-100(99-98-54)35-24-22-32-56(83(119)127-14-2)96-65(107)45-128-76-71(112)59(133-85(124-12)73(76)114)43-130-86-74(115)77(129-46-66(108)109)70(111)58(134-86)42-123-11)30-21-23-34-93-64(106)44-125-47-67(110)135-75(69(51-26-17-15-18-27-51)97-87(121)138-88(5,6)7)84(120)132-57-38-92(122)80(136-82(118)52-28-19-16-20-29-52)78-90(10,79(116)72(113)68(49(57)3)89(92,8)9)60(103)37-61-91(78,48-131-61)137-50(4)101/h15-20,26-29,41,53,56-61,69-78,80,85-86,103,111-115,122H,13-14,21-25,30-40,42-48H2,1-12H3,(H,93,106)(H,94,105)(H,95,104)(H,96,107)(H,97,121)(H,108,109)/t53-,56+,57+,58?,59?,60+,61-,69?,70-,71-,72-,73?,74?,75-,76+,77+,78+,80+,85+,86-,90-,91+,92-/m1/s1. The number of hydrogen-bond acceptors (Lipinski definition) is 39. The number of carbonyl (C=O) groups is 14. The van der Waals surface area contributed by atoms with Crippen molar-refractivity contribution in [1.29, 1.82) is 0 Å². The smallest absolute Gasteiger partial charge is 0.408 e. The van der Waals surface area contributed by atoms with Crippen LogP contribution in [0.2, 0.25) is 0 Å². The number of aryl methyl sites for hydroxylation is 2. The highest BCUT2D eigenvalue weighted by atomic mass is 16.7. The molecule has 2 bridgehead atoms. The maximum absolute atomic E-state index is 15.4. The van der Waals surface area contributed by atoms with Crippen LogP contribution in [0.4, 0.5) is 4.79 Å². The highest BCUT2D eigenvalue weighted by Crippen LogP contribution is 2.64. The van der Waals surface area contributed by atoms with Gasteiger partial charge in [0, 0.05) is 71.5 Å². The maximum Gasteiger partial charge on any atom is 0.408 e. The van der Waals surface area contributed by atoms with Crippen LogP contribution in [0.5, 0.6) is 0 Å². The first-order chi connectivity index (χ1) is 65.4. The summed E-state index contributed by atoms with van der Waals surface area (Å²) in [5.74, 6) is -14.3. The molecule has 13 N–H and O–H groups in total. The molecule has 0 spiro atoms. The maximum atomic E-state index is 15.4. The van der Waals surface area contributed by atoms with E-state index in [0.717, 1.165) is 6.92 Å². The number of aliphatic carboxylic acids is 1. The van der Waals surface area contributed by atoms with Gasteiger partial charge in [0.15, 0.2) is 29.7 Å². The number of carboxylic acids is 1. The average Bonchev–Trinajstić information content (AvgIpc) is 0.729. The van der Waals surface area contributed by atoms with E-state index in [1.165, 1.54) is 66.2 Å². The van der Waals surface area contributed by atoms with Crippen molar-refractivity contribution >= 4 is 83.1 Å². The highest BCUT2D eigenvalue weighted by molar-refractivity contribution is 5.95. The minimum absolute atomic E-state index is 0.00776. The number of rotatable bonds is 50. The Morgan fingerprint density at radius 2 is 1.32 bits per heavy atom. The molecule has 3 saturated heterocycles. The predicted molar refractivity (Wildman–Crippen MR) is 470 cm³/mol. The molecule has 4 heterocycles. The van der Waals surface area contributed by atoms with Crippen LogP contribution in [0, 0.1) is 22.7 Å². The van der Waals surface area contributed by atoms with Gasteiger partial charge in [0.05, 0.1) is 80.7 Å². The largest absolute Gasteiger partial charge is 0.480 e. The third-order valence-electron chi connectivity index (χ3n) is 25.1. The summed E-state index contributed by atoms with van der Waals surface area (Å²) in [6, 6.07) is 12.5. The first-order valence-electron chi connectivity index (χ1n) is 45.7. The molecule has 5 fully saturated rings. The second-order valence-electron chi connectivity index (χ2n) is 36.3. The number of amides is 5. The molecule has 46 heteroatoms. The molecule has 2 saturated carbocycles. The number of fused-ring (bicyclic) bond motifs is 5. The summed E-state index contributed by atoms with van der Waals surface area (Å²) in [6.45, 7) is 9.45. The van der Waals surface area contributed by atoms with Gasteiger partial charge in [0.2, 0.25) is 29.7 Å². The SMILES string of the molecule is CCOC(=O)[C@H](CCCCNC(=O)COCC(=O)O[C@@H](C(=O)O[C@H]1C[C@@]2(O)[C@@H](OC(=O)c3ccccc3)[C@@H]3[C@]4(OC(C)=O)CO[C@@H]4C[C@H](O)[C@@]3(C)C(=O)[C@H](O)C(=C1C)C2(C)C)C(NC(=O)OC(C)(C)C)c1ccccc1)CC(=O)CNC(=O)CNC(=O)CCCc1cn(CCCC[C@H](NC(=O)CO[C@@H]2C(O)[C@@H](OC)OC(CO[C@@H]3OC(COC)[C@@H](O)[C@H](OCC(=O)O)C3O)[C@H]2O)C(=O)OCC)nn1. The number of benzene rings is 2. The molecule has 3 aliphatic carbocycles. The first-order valence-corrected chi connectivity index (χ1v) is 45.7. The molecule has 2 aromatic carbocycles. The third kappa shape index (κ3) is 28.4. The number of unbranched alkanes of at least 4 members (excludes halogenated alkanes) is 2. The van der Waals surface area contributed by atoms with E-state index in [-0.39, 0.29) is 93.6 Å². The van der Waals surface area contributed by atoms with Gasteiger partial charge < -0.3 is 143 Å². The number of carbonyl (C=O) groups excluding carboxylic acids is 13. The van der Waals surface area contributed by atoms with Gasteiger partial charge in [0.25, 0.3) is 0 Å². The van der Waals surface area contributed by atoms with Crippen LogP contribution in [0.25, 0.3) is 0 Å². The lowest BCUT2D eigenvalue weighted by Crippen LogP contribution is -2.81. The fraction of sp³-hybridized carbons (Fsp3) is 0.674. The molecule has 3 aliphatic heterocycles. The minimum Gasteiger partial charge on any atom is -0.480 e. The molecule has 1 aromatic heterocycles. The molecular weight excluding hydrogens is 1830 g/mol. The van der Waals surface area contributed by atoms with Crippen LogP contribution in [-0.4, -0.2) is 353 Å². The van der Waals surface area contributed by atoms with Crippen molar-refractivity contribution < 1.29 is 184 Å². The normalized spacial score (nSPS) is 27.9. The summed E-state index contributed by atoms with van der Waals surface area (Å²) in [6.07, 6.45) is -24.6. The van der Waals surface area contributed by atoms with E-state index >= 15 is 9.59 Å². The van der Waals surface area contributed by atoms with Crippen molar-refractivity contribution in [3.63, 3.8) is 0 Å². The second kappa shape index (κ2) is 50.5. The van der Waals surface area contributed by atoms with E-state index < -0.39 is 292 Å². The lowest BCUT2D eigenvalue weighted by atomic mass is 9.44. The zero-order chi connectivity index (χ0) is 101. The predicted octanol–water partition coefficient (Wildman–Crippen LogP) is -0.625. The summed E-state index contributed by atoms with van der Waals surface area (Å²) in [7, 11) is 2.50. The molecule has 0 radical (unpaired) electrons. The summed E-state index contributed by atoms with van der Waals surface area (Å²) in [5, 5.41) is 113. The number of hydrogen-bond donors (Lipinski definition) is 13. The molecule has 3 aromatic rings. The average molecular weight is 1960 g/mol. The first kappa shape index (κ1) is 111. The van der Waals surface area contributed by atoms with Crippen LogP contribution in [0.3, 0.4) is 0 Å². The van der Waals surface area contributed by atoms with E-state index in [9.17, 15) is 93.3 Å². The monoisotopic (exact) mass is 1950 g/mol. The van der Waals surface area contributed by atoms with Gasteiger partial charge in [-0.25, -0.2) is 28.8 Å². The van der Waals surface area contributed by atoms with Gasteiger partial charge in [-0.1, -0.05) is 74.0 Å². The molecule has 5 amide bonds. The Labute approximate surface area is 795 Å². The Bertz CT molecular complexity index is 4710. The molecule has 9 rings (SSSR count). The molecule has 23 atom stereocenters. The number of carboxylic acid groups (broad SMARTS) is 1. The topological polar surface area (TPSA) is 639 Å². The van der Waals surface area contributed by atoms with Gasteiger partial charge in [0.1, 0.15) is 123 Å². The summed E-state index contributed by atoms with van der Waals surface area (Å²) < 4.78 is 91.9. The van der Waals surface area contributed by atoms with Crippen molar-refractivity contribution in [2.45, 2.75) is 280 Å². The number of ketones is 2. The van der Waals surface area contributed by atoms with Crippen LogP contribution >= 0.6 is 0 Å². The van der Waals surface area contributed by atoms with Crippen LogP contribution in [-0.2, 0) is 146 Å². The van der Waals surface area contributed by atoms with E-state index in [1.807, 2.05) is 0 Å². The second-order valence-corrected chi connectivity index (χ2v) is 36.3. The Morgan fingerprint density at radius 1 is 0.681 bits per heavy atom. The van der Waals surface area contributed by atoms with E-state index in [4.69, 9.17) is 80.9 Å². The summed E-state index contributed by atoms with van der Waals surface area (Å²) in [4.78, 5) is 189. The molecule has 766 valence electrons. The van der Waals surface area contributed by atoms with Crippen molar-refractivity contribution in [2.24, 2.45) is 22.7 Å². The molecule has 6 aliphatic rings. The van der Waals surface area contributed by atoms with Crippen molar-refractivity contribution in [3.05, 3.63) is 94.8 Å². The number of aromatic nitrogens is 3. The number of methoxy groups -OCH3 is 2. The van der Waals surface area contributed by atoms with E-state index in [1.54, 1.807) is 81.9 Å². The van der Waals surface area contributed by atoms with Gasteiger partial charge in [-0.2, -0.15) is 0 Å². The van der Waals surface area contributed by atoms with Crippen LogP contribution in [0.15, 0.2) is 78.0 Å². The number of alkyl carbamates (subject to hydrolysis) is 1. The zero-order valence-electron chi connectivity index (χ0n) is 79.2. The van der Waals surface area contributed by atoms with Crippen LogP contribution < -0.4 is 26.6 Å². The third-order valence-corrected chi connectivity index (χ3v) is 25.1. The van der Waals surface area contributed by atoms with Crippen molar-refractivity contribution in [1.82, 2.24) is 41.6 Å². The van der Waals surface area contributed by atoms with E-state index in [2.05, 4.69) is 36.9 Å². The van der Waals surface area contributed by atoms with Gasteiger partial charge in [-0.15, -0.1) is 5.10 Å². The lowest BCUT2D eigenvalue weighted by Gasteiger charge is -2.67. The number of nitrogens with one attached hydrogen (secondary N) is 5. The number of nitrogens with zero attached hydrogens (tertiary/aromatic N) is 3. The Balaban J connectivity index is 0.708. The van der Waals surface area contributed by atoms with Gasteiger partial charge in [-0.3, -0.25) is 43.0 Å². The fourth-order valence-electron chi connectivity index (χ4n) is 18.1. The number of Topliss-reactive ketones (excluding diaryl/α,β-unsaturated/α-hetero) is 2. The Morgan fingerprint density at radius 3 is 1.96 bits per heavy atom. The zero-order valence-corrected chi connectivity index (χ0v) is 79.2. The fourth-order valence-corrected chi connectivity index (χ4v) is 18.1. The van der Waals surface area contributed by atoms with E-state index in [0.29, 0.717) is 37.9 Å². The van der Waals surface area contributed by atoms with Gasteiger partial charge >= 0.3 is 47.9 Å². The Hall–Kier alpha value is -10.5. The van der Waals surface area contributed by atoms with Crippen molar-refractivity contribution in [3.8, 4) is 0 Å². The lowest BCUT2D eigenvalue weighted by molar-refractivity contribution is -0.346. The molecular formula is C92H130N8O38. The number of aliphatic hydroxyl groups is 7. The molecule has 46 nitrogen and oxygen atoms in total. The van der Waals surface area contributed by atoms with Crippen LogP contribution in [0.1, 0.15) is 168 Å². The summed E-state index contributed by atoms with van der Waals surface area (Å²) >= 11 is 0. The number of ether oxygens (including phenoxy) is 16. The quantitative estimate of drug-likeness (QED) is 0.0145. The Kier molecular flexibility index (Phi) is 40.7. The van der Waals surface area contributed by atoms with Crippen molar-refractivity contribution in [2.75, 3.05) is 93.3 Å². The highest BCUT2D eigenvalue weighted by Gasteiger charge is 2.78. The van der Waals surface area contributed by atoms with Gasteiger partial charge in [-0.05, 0) is 122 Å².